The molecule has 1 aromatic carbocycles. The quantitative estimate of drug-likeness (QED) is 0.639. The zero-order valence-corrected chi connectivity index (χ0v) is 13.8. The van der Waals surface area contributed by atoms with E-state index < -0.39 is 30.3 Å². The Morgan fingerprint density at radius 3 is 2.18 bits per heavy atom. The van der Waals surface area contributed by atoms with Crippen LogP contribution in [0.1, 0.15) is 17.3 Å². The molecule has 0 saturated heterocycles. The van der Waals surface area contributed by atoms with Crippen molar-refractivity contribution in [2.75, 3.05) is 0 Å². The van der Waals surface area contributed by atoms with E-state index in [-0.39, 0.29) is 17.2 Å². The Bertz CT molecular complexity index is 885. The highest BCUT2D eigenvalue weighted by molar-refractivity contribution is 5.33. The van der Waals surface area contributed by atoms with Crippen LogP contribution in [0.5, 0.6) is 11.5 Å². The molecule has 0 spiro atoms. The van der Waals surface area contributed by atoms with Gasteiger partial charge in [-0.3, -0.25) is 4.98 Å². The van der Waals surface area contributed by atoms with Gasteiger partial charge >= 0.3 is 6.18 Å². The lowest BCUT2D eigenvalue weighted by atomic mass is 10.1. The summed E-state index contributed by atoms with van der Waals surface area (Å²) < 4.78 is 70.0. The lowest BCUT2D eigenvalue weighted by molar-refractivity contribution is -0.137. The number of ether oxygens (including phenoxy) is 1. The smallest absolute Gasteiger partial charge is 0.416 e. The van der Waals surface area contributed by atoms with Crippen molar-refractivity contribution in [1.29, 1.82) is 0 Å². The van der Waals surface area contributed by atoms with Gasteiger partial charge in [0.1, 0.15) is 30.0 Å². The van der Waals surface area contributed by atoms with Crippen LogP contribution < -0.4 is 4.74 Å². The van der Waals surface area contributed by atoms with Gasteiger partial charge in [0.15, 0.2) is 0 Å². The Morgan fingerprint density at radius 1 is 1.00 bits per heavy atom. The van der Waals surface area contributed by atoms with E-state index in [4.69, 9.17) is 4.74 Å². The predicted molar refractivity (Wildman–Crippen MR) is 83.7 cm³/mol. The number of nitrogens with zero attached hydrogens (tertiary/aromatic N) is 5. The topological polar surface area (TPSA) is 86.0 Å². The average molecular weight is 401 g/mol. The Balaban J connectivity index is 1.78. The van der Waals surface area contributed by atoms with Crippen LogP contribution in [-0.4, -0.2) is 42.8 Å². The number of rotatable bonds is 6. The van der Waals surface area contributed by atoms with Crippen molar-refractivity contribution >= 4 is 0 Å². The molecule has 148 valence electrons. The van der Waals surface area contributed by atoms with E-state index in [1.165, 1.54) is 18.3 Å². The molecule has 3 rings (SSSR count). The second-order valence-corrected chi connectivity index (χ2v) is 5.60. The summed E-state index contributed by atoms with van der Waals surface area (Å²) in [5, 5.41) is 20.0. The SMILES string of the molecule is OC(C(F)F)C(c1ccc(Oc2ccc(C(F)(F)F)cc2)cn1)n1cnnn1. The molecule has 2 unspecified atom stereocenters. The van der Waals surface area contributed by atoms with E-state index in [1.54, 1.807) is 0 Å². The van der Waals surface area contributed by atoms with Gasteiger partial charge in [0.05, 0.1) is 17.5 Å². The molecular weight excluding hydrogens is 389 g/mol. The van der Waals surface area contributed by atoms with Gasteiger partial charge in [-0.05, 0) is 46.8 Å². The lowest BCUT2D eigenvalue weighted by Crippen LogP contribution is -2.32. The molecule has 0 radical (unpaired) electrons. The number of tetrazole rings is 1. The van der Waals surface area contributed by atoms with Crippen LogP contribution in [0.2, 0.25) is 0 Å². The summed E-state index contributed by atoms with van der Waals surface area (Å²) in [7, 11) is 0. The maximum atomic E-state index is 13.0. The van der Waals surface area contributed by atoms with Gasteiger partial charge in [-0.1, -0.05) is 0 Å². The van der Waals surface area contributed by atoms with E-state index in [0.29, 0.717) is 0 Å². The van der Waals surface area contributed by atoms with E-state index in [0.717, 1.165) is 35.3 Å². The maximum absolute atomic E-state index is 13.0. The van der Waals surface area contributed by atoms with Crippen LogP contribution >= 0.6 is 0 Å². The molecule has 12 heteroatoms. The number of aliphatic hydroxyl groups excluding tert-OH is 1. The highest BCUT2D eigenvalue weighted by Crippen LogP contribution is 2.31. The summed E-state index contributed by atoms with van der Waals surface area (Å²) >= 11 is 0. The van der Waals surface area contributed by atoms with Gasteiger partial charge in [-0.25, -0.2) is 13.5 Å². The summed E-state index contributed by atoms with van der Waals surface area (Å²) in [6, 6.07) is 5.36. The van der Waals surface area contributed by atoms with Crippen LogP contribution in [0.3, 0.4) is 0 Å². The van der Waals surface area contributed by atoms with Crippen molar-refractivity contribution < 1.29 is 31.8 Å². The number of aromatic nitrogens is 5. The number of alkyl halides is 5. The summed E-state index contributed by atoms with van der Waals surface area (Å²) in [6.07, 6.45) is -7.40. The molecule has 0 saturated carbocycles. The Labute approximate surface area is 154 Å². The number of aliphatic hydroxyl groups is 1. The fraction of sp³-hybridized carbons (Fsp3) is 0.250. The fourth-order valence-electron chi connectivity index (χ4n) is 2.38. The molecule has 0 aliphatic carbocycles. The van der Waals surface area contributed by atoms with Crippen LogP contribution in [0.25, 0.3) is 0 Å². The third-order valence-corrected chi connectivity index (χ3v) is 3.71. The molecule has 0 bridgehead atoms. The van der Waals surface area contributed by atoms with Gasteiger partial charge in [0.2, 0.25) is 0 Å². The van der Waals surface area contributed by atoms with Gasteiger partial charge in [0.25, 0.3) is 6.43 Å². The van der Waals surface area contributed by atoms with Gasteiger partial charge < -0.3 is 9.84 Å². The molecule has 3 aromatic rings. The van der Waals surface area contributed by atoms with Crippen LogP contribution in [0, 0.1) is 0 Å². The zero-order chi connectivity index (χ0) is 20.3. The first-order valence-corrected chi connectivity index (χ1v) is 7.75. The minimum absolute atomic E-state index is 0.0415. The average Bonchev–Trinajstić information content (AvgIpc) is 3.17. The molecule has 7 nitrogen and oxygen atoms in total. The molecule has 2 atom stereocenters. The van der Waals surface area contributed by atoms with Crippen LogP contribution in [0.4, 0.5) is 22.0 Å². The molecule has 1 N–H and O–H groups in total. The molecule has 0 fully saturated rings. The Morgan fingerprint density at radius 2 is 1.68 bits per heavy atom. The van der Waals surface area contributed by atoms with E-state index in [1.807, 2.05) is 0 Å². The highest BCUT2D eigenvalue weighted by Gasteiger charge is 2.33. The third kappa shape index (κ3) is 4.39. The van der Waals surface area contributed by atoms with Crippen molar-refractivity contribution in [2.45, 2.75) is 24.7 Å². The standard InChI is InChI=1S/C16H12F5N5O2/c17-15(18)14(27)13(26-8-23-24-25-26)12-6-5-11(7-22-12)28-10-3-1-9(2-4-10)16(19,20)21/h1-8,13-15,27H. The minimum atomic E-state index is -4.46. The fourth-order valence-corrected chi connectivity index (χ4v) is 2.38. The van der Waals surface area contributed by atoms with Crippen molar-refractivity contribution in [1.82, 2.24) is 25.2 Å². The largest absolute Gasteiger partial charge is 0.456 e. The first-order chi connectivity index (χ1) is 13.3. The van der Waals surface area contributed by atoms with Gasteiger partial charge in [-0.15, -0.1) is 5.10 Å². The van der Waals surface area contributed by atoms with Crippen molar-refractivity contribution in [3.8, 4) is 11.5 Å². The first kappa shape index (κ1) is 19.6. The first-order valence-electron chi connectivity index (χ1n) is 7.75. The normalized spacial score (nSPS) is 14.1. The molecule has 2 aromatic heterocycles. The predicted octanol–water partition coefficient (Wildman–Crippen LogP) is 3.09. The van der Waals surface area contributed by atoms with Gasteiger partial charge in [0, 0.05) is 0 Å². The third-order valence-electron chi connectivity index (χ3n) is 3.71. The number of benzene rings is 1. The molecule has 0 amide bonds. The number of pyridine rings is 1. The highest BCUT2D eigenvalue weighted by atomic mass is 19.4. The molecular formula is C16H12F5N5O2. The summed E-state index contributed by atoms with van der Waals surface area (Å²) in [5.74, 6) is 0.290. The monoisotopic (exact) mass is 401 g/mol. The molecule has 28 heavy (non-hydrogen) atoms. The maximum Gasteiger partial charge on any atom is 0.416 e. The molecule has 2 heterocycles. The second kappa shape index (κ2) is 7.84. The van der Waals surface area contributed by atoms with E-state index in [9.17, 15) is 27.1 Å². The van der Waals surface area contributed by atoms with Gasteiger partial charge in [-0.2, -0.15) is 13.2 Å². The summed E-state index contributed by atoms with van der Waals surface area (Å²) in [5.41, 5.74) is -0.779. The number of halogens is 5. The Hall–Kier alpha value is -3.15. The minimum Gasteiger partial charge on any atom is -0.456 e. The van der Waals surface area contributed by atoms with Crippen molar-refractivity contribution in [3.05, 3.63) is 60.2 Å². The molecule has 0 aliphatic rings. The Kier molecular flexibility index (Phi) is 5.49. The zero-order valence-electron chi connectivity index (χ0n) is 13.8. The summed E-state index contributed by atoms with van der Waals surface area (Å²) in [4.78, 5) is 3.98. The molecule has 0 aliphatic heterocycles. The van der Waals surface area contributed by atoms with Crippen LogP contribution in [-0.2, 0) is 6.18 Å². The van der Waals surface area contributed by atoms with Crippen LogP contribution in [0.15, 0.2) is 48.9 Å². The van der Waals surface area contributed by atoms with Crippen molar-refractivity contribution in [3.63, 3.8) is 0 Å². The van der Waals surface area contributed by atoms with Crippen molar-refractivity contribution in [2.24, 2.45) is 0 Å². The number of hydrogen-bond donors (Lipinski definition) is 1. The second-order valence-electron chi connectivity index (χ2n) is 5.60. The summed E-state index contributed by atoms with van der Waals surface area (Å²) in [6.45, 7) is 0. The van der Waals surface area contributed by atoms with E-state index >= 15 is 0 Å². The number of hydrogen-bond acceptors (Lipinski definition) is 6. The van der Waals surface area contributed by atoms with E-state index in [2.05, 4.69) is 20.5 Å². The lowest BCUT2D eigenvalue weighted by Gasteiger charge is -2.21.